The number of rotatable bonds is 5. The van der Waals surface area contributed by atoms with Crippen molar-refractivity contribution >= 4 is 0 Å². The Bertz CT molecular complexity index is 377. The SMILES string of the molecule is CCNC(c1ccc(F)cn1)C1CCCC(CC)C1. The molecule has 3 unspecified atom stereocenters. The summed E-state index contributed by atoms with van der Waals surface area (Å²) in [7, 11) is 0. The molecule has 0 amide bonds. The second kappa shape index (κ2) is 6.99. The van der Waals surface area contributed by atoms with Crippen molar-refractivity contribution in [2.75, 3.05) is 6.54 Å². The molecule has 1 aliphatic carbocycles. The van der Waals surface area contributed by atoms with E-state index in [-0.39, 0.29) is 11.9 Å². The van der Waals surface area contributed by atoms with Crippen molar-refractivity contribution in [3.8, 4) is 0 Å². The van der Waals surface area contributed by atoms with E-state index in [0.717, 1.165) is 18.2 Å². The van der Waals surface area contributed by atoms with E-state index in [4.69, 9.17) is 0 Å². The van der Waals surface area contributed by atoms with Gasteiger partial charge in [-0.25, -0.2) is 4.39 Å². The van der Waals surface area contributed by atoms with Gasteiger partial charge in [-0.3, -0.25) is 4.98 Å². The van der Waals surface area contributed by atoms with Crippen LogP contribution in [0.4, 0.5) is 4.39 Å². The van der Waals surface area contributed by atoms with Crippen LogP contribution >= 0.6 is 0 Å². The summed E-state index contributed by atoms with van der Waals surface area (Å²) in [4.78, 5) is 4.29. The third-order valence-corrected chi connectivity index (χ3v) is 4.37. The molecule has 1 aliphatic rings. The Morgan fingerprint density at radius 1 is 1.37 bits per heavy atom. The minimum absolute atomic E-state index is 0.255. The molecule has 1 heterocycles. The van der Waals surface area contributed by atoms with Gasteiger partial charge in [0.15, 0.2) is 0 Å². The third kappa shape index (κ3) is 3.75. The van der Waals surface area contributed by atoms with Crippen LogP contribution in [-0.2, 0) is 0 Å². The lowest BCUT2D eigenvalue weighted by atomic mass is 9.76. The van der Waals surface area contributed by atoms with Gasteiger partial charge < -0.3 is 5.32 Å². The smallest absolute Gasteiger partial charge is 0.141 e. The van der Waals surface area contributed by atoms with Gasteiger partial charge >= 0.3 is 0 Å². The van der Waals surface area contributed by atoms with Crippen molar-refractivity contribution < 1.29 is 4.39 Å². The first-order valence-corrected chi connectivity index (χ1v) is 7.59. The predicted octanol–water partition coefficient (Wildman–Crippen LogP) is 4.09. The zero-order chi connectivity index (χ0) is 13.7. The van der Waals surface area contributed by atoms with E-state index in [1.165, 1.54) is 44.4 Å². The van der Waals surface area contributed by atoms with E-state index in [2.05, 4.69) is 24.1 Å². The van der Waals surface area contributed by atoms with Crippen LogP contribution in [0.15, 0.2) is 18.3 Å². The summed E-state index contributed by atoms with van der Waals surface area (Å²) < 4.78 is 13.0. The van der Waals surface area contributed by atoms with Gasteiger partial charge in [-0.1, -0.05) is 33.1 Å². The van der Waals surface area contributed by atoms with Crippen LogP contribution < -0.4 is 5.32 Å². The Labute approximate surface area is 115 Å². The van der Waals surface area contributed by atoms with Crippen LogP contribution in [0.25, 0.3) is 0 Å². The molecule has 1 aromatic heterocycles. The second-order valence-corrected chi connectivity index (χ2v) is 5.64. The summed E-state index contributed by atoms with van der Waals surface area (Å²) in [5.41, 5.74) is 0.991. The Morgan fingerprint density at radius 2 is 2.21 bits per heavy atom. The molecule has 1 aromatic rings. The number of hydrogen-bond acceptors (Lipinski definition) is 2. The molecule has 19 heavy (non-hydrogen) atoms. The zero-order valence-corrected chi connectivity index (χ0v) is 12.0. The van der Waals surface area contributed by atoms with E-state index in [1.54, 1.807) is 0 Å². The molecule has 0 aliphatic heterocycles. The lowest BCUT2D eigenvalue weighted by Gasteiger charge is -2.34. The standard InChI is InChI=1S/C16H25FN2/c1-3-12-6-5-7-13(10-12)16(18-4-2)15-9-8-14(17)11-19-15/h8-9,11-13,16,18H,3-7,10H2,1-2H3. The first-order chi connectivity index (χ1) is 9.24. The van der Waals surface area contributed by atoms with Gasteiger partial charge in [0.1, 0.15) is 5.82 Å². The third-order valence-electron chi connectivity index (χ3n) is 4.37. The zero-order valence-electron chi connectivity index (χ0n) is 12.0. The lowest BCUT2D eigenvalue weighted by molar-refractivity contribution is 0.208. The van der Waals surface area contributed by atoms with Crippen LogP contribution in [-0.4, -0.2) is 11.5 Å². The van der Waals surface area contributed by atoms with Crippen molar-refractivity contribution in [1.82, 2.24) is 10.3 Å². The van der Waals surface area contributed by atoms with E-state index < -0.39 is 0 Å². The van der Waals surface area contributed by atoms with Gasteiger partial charge in [0.05, 0.1) is 17.9 Å². The van der Waals surface area contributed by atoms with Gasteiger partial charge in [0.25, 0.3) is 0 Å². The summed E-state index contributed by atoms with van der Waals surface area (Å²) in [6.07, 6.45) is 7.81. The number of aromatic nitrogens is 1. The Morgan fingerprint density at radius 3 is 2.84 bits per heavy atom. The van der Waals surface area contributed by atoms with Crippen molar-refractivity contribution in [1.29, 1.82) is 0 Å². The molecule has 1 saturated carbocycles. The highest BCUT2D eigenvalue weighted by Gasteiger charge is 2.29. The van der Waals surface area contributed by atoms with Gasteiger partial charge in [-0.15, -0.1) is 0 Å². The fraction of sp³-hybridized carbons (Fsp3) is 0.688. The number of nitrogens with zero attached hydrogens (tertiary/aromatic N) is 1. The van der Waals surface area contributed by atoms with Crippen molar-refractivity contribution in [3.63, 3.8) is 0 Å². The van der Waals surface area contributed by atoms with Crippen LogP contribution in [0.5, 0.6) is 0 Å². The van der Waals surface area contributed by atoms with Crippen molar-refractivity contribution in [2.24, 2.45) is 11.8 Å². The quantitative estimate of drug-likeness (QED) is 0.866. The van der Waals surface area contributed by atoms with Crippen LogP contribution in [0.3, 0.4) is 0 Å². The Balaban J connectivity index is 2.12. The summed E-state index contributed by atoms with van der Waals surface area (Å²) in [6, 6.07) is 3.63. The molecule has 0 radical (unpaired) electrons. The highest BCUT2D eigenvalue weighted by molar-refractivity contribution is 5.11. The summed E-state index contributed by atoms with van der Waals surface area (Å²) >= 11 is 0. The average molecular weight is 264 g/mol. The molecule has 0 bridgehead atoms. The number of hydrogen-bond donors (Lipinski definition) is 1. The molecule has 0 saturated heterocycles. The summed E-state index contributed by atoms with van der Waals surface area (Å²) in [5.74, 6) is 1.23. The molecule has 3 heteroatoms. The summed E-state index contributed by atoms with van der Waals surface area (Å²) in [5, 5.41) is 3.55. The first-order valence-electron chi connectivity index (χ1n) is 7.59. The van der Waals surface area contributed by atoms with Crippen LogP contribution in [0.2, 0.25) is 0 Å². The number of pyridine rings is 1. The Kier molecular flexibility index (Phi) is 5.32. The molecule has 2 rings (SSSR count). The molecule has 2 nitrogen and oxygen atoms in total. The second-order valence-electron chi connectivity index (χ2n) is 5.64. The molecule has 1 fully saturated rings. The maximum atomic E-state index is 13.0. The van der Waals surface area contributed by atoms with Gasteiger partial charge in [-0.2, -0.15) is 0 Å². The lowest BCUT2D eigenvalue weighted by Crippen LogP contribution is -2.32. The van der Waals surface area contributed by atoms with Crippen LogP contribution in [0.1, 0.15) is 57.7 Å². The molecular weight excluding hydrogens is 239 g/mol. The number of nitrogens with one attached hydrogen (secondary N) is 1. The minimum Gasteiger partial charge on any atom is -0.309 e. The number of halogens is 1. The average Bonchev–Trinajstić information content (AvgIpc) is 2.46. The molecule has 0 aromatic carbocycles. The largest absolute Gasteiger partial charge is 0.309 e. The fourth-order valence-electron chi connectivity index (χ4n) is 3.31. The van der Waals surface area contributed by atoms with E-state index in [9.17, 15) is 4.39 Å². The molecule has 3 atom stereocenters. The predicted molar refractivity (Wildman–Crippen MR) is 76.4 cm³/mol. The normalized spacial score (nSPS) is 25.2. The van der Waals surface area contributed by atoms with E-state index in [1.807, 2.05) is 6.07 Å². The minimum atomic E-state index is -0.255. The molecular formula is C16H25FN2. The highest BCUT2D eigenvalue weighted by atomic mass is 19.1. The molecule has 1 N–H and O–H groups in total. The van der Waals surface area contributed by atoms with Gasteiger partial charge in [0, 0.05) is 0 Å². The Hall–Kier alpha value is -0.960. The highest BCUT2D eigenvalue weighted by Crippen LogP contribution is 2.37. The maximum Gasteiger partial charge on any atom is 0.141 e. The topological polar surface area (TPSA) is 24.9 Å². The summed E-state index contributed by atoms with van der Waals surface area (Å²) in [6.45, 7) is 5.33. The first kappa shape index (κ1) is 14.4. The van der Waals surface area contributed by atoms with Crippen molar-refractivity contribution in [2.45, 2.75) is 52.0 Å². The van der Waals surface area contributed by atoms with Gasteiger partial charge in [-0.05, 0) is 43.4 Å². The maximum absolute atomic E-state index is 13.0. The van der Waals surface area contributed by atoms with Crippen molar-refractivity contribution in [3.05, 3.63) is 29.8 Å². The molecule has 0 spiro atoms. The van der Waals surface area contributed by atoms with E-state index in [0.29, 0.717) is 5.92 Å². The van der Waals surface area contributed by atoms with Crippen LogP contribution in [0, 0.1) is 17.7 Å². The van der Waals surface area contributed by atoms with E-state index >= 15 is 0 Å². The molecule has 106 valence electrons. The van der Waals surface area contributed by atoms with Gasteiger partial charge in [0.2, 0.25) is 0 Å². The fourth-order valence-corrected chi connectivity index (χ4v) is 3.31. The monoisotopic (exact) mass is 264 g/mol.